The zero-order chi connectivity index (χ0) is 13.0. The van der Waals surface area contributed by atoms with Gasteiger partial charge in [0.15, 0.2) is 0 Å². The van der Waals surface area contributed by atoms with Crippen molar-refractivity contribution in [1.82, 2.24) is 5.43 Å². The second kappa shape index (κ2) is 5.93. The Balaban J connectivity index is 2.01. The number of hydrazone groups is 1. The van der Waals surface area contributed by atoms with E-state index in [1.54, 1.807) is 29.7 Å². The molecule has 0 aliphatic carbocycles. The number of hydrogen-bond donors (Lipinski definition) is 1. The number of nitrogens with zero attached hydrogens (tertiary/aromatic N) is 1. The summed E-state index contributed by atoms with van der Waals surface area (Å²) in [4.78, 5) is 11.8. The first kappa shape index (κ1) is 13.0. The largest absolute Gasteiger partial charge is 0.271 e. The Labute approximate surface area is 118 Å². The van der Waals surface area contributed by atoms with Gasteiger partial charge in [-0.2, -0.15) is 16.4 Å². The molecule has 0 radical (unpaired) electrons. The fraction of sp³-hybridized carbons (Fsp3) is 0.0769. The summed E-state index contributed by atoms with van der Waals surface area (Å²) in [5.41, 5.74) is 5.15. The standard InChI is InChI=1S/C13H11BrN2OS/c1-9-2-3-11(6-12(9)14)13(17)16-15-7-10-4-5-18-8-10/h2-8H,1H3,(H,16,17). The number of halogens is 1. The fourth-order valence-corrected chi connectivity index (χ4v) is 2.30. The van der Waals surface area contributed by atoms with Gasteiger partial charge in [-0.1, -0.05) is 22.0 Å². The summed E-state index contributed by atoms with van der Waals surface area (Å²) < 4.78 is 0.914. The van der Waals surface area contributed by atoms with Crippen LogP contribution in [0.5, 0.6) is 0 Å². The summed E-state index contributed by atoms with van der Waals surface area (Å²) in [7, 11) is 0. The summed E-state index contributed by atoms with van der Waals surface area (Å²) in [6.07, 6.45) is 1.62. The molecule has 0 fully saturated rings. The Morgan fingerprint density at radius 2 is 2.28 bits per heavy atom. The third-order valence-corrected chi connectivity index (χ3v) is 3.91. The highest BCUT2D eigenvalue weighted by molar-refractivity contribution is 9.10. The summed E-state index contributed by atoms with van der Waals surface area (Å²) in [5.74, 6) is -0.220. The molecule has 0 unspecified atom stereocenters. The number of rotatable bonds is 3. The van der Waals surface area contributed by atoms with Gasteiger partial charge in [-0.05, 0) is 41.4 Å². The molecule has 3 nitrogen and oxygen atoms in total. The Morgan fingerprint density at radius 3 is 2.94 bits per heavy atom. The van der Waals surface area contributed by atoms with E-state index in [2.05, 4.69) is 26.5 Å². The molecule has 1 aromatic carbocycles. The molecule has 0 aliphatic rings. The van der Waals surface area contributed by atoms with Crippen molar-refractivity contribution in [3.8, 4) is 0 Å². The Kier molecular flexibility index (Phi) is 4.28. The van der Waals surface area contributed by atoms with E-state index < -0.39 is 0 Å². The van der Waals surface area contributed by atoms with Crippen LogP contribution in [0.4, 0.5) is 0 Å². The highest BCUT2D eigenvalue weighted by atomic mass is 79.9. The van der Waals surface area contributed by atoms with Crippen LogP contribution in [0.15, 0.2) is 44.6 Å². The lowest BCUT2D eigenvalue weighted by molar-refractivity contribution is 0.0955. The summed E-state index contributed by atoms with van der Waals surface area (Å²) in [5, 5.41) is 7.82. The lowest BCUT2D eigenvalue weighted by Crippen LogP contribution is -2.17. The van der Waals surface area contributed by atoms with Crippen molar-refractivity contribution in [2.45, 2.75) is 6.92 Å². The number of nitrogens with one attached hydrogen (secondary N) is 1. The van der Waals surface area contributed by atoms with Crippen molar-refractivity contribution in [1.29, 1.82) is 0 Å². The van der Waals surface area contributed by atoms with Gasteiger partial charge in [0.2, 0.25) is 0 Å². The van der Waals surface area contributed by atoms with Gasteiger partial charge in [-0.25, -0.2) is 5.43 Å². The molecule has 0 bridgehead atoms. The van der Waals surface area contributed by atoms with Crippen LogP contribution in [-0.2, 0) is 0 Å². The Bertz CT molecular complexity index is 579. The lowest BCUT2D eigenvalue weighted by Gasteiger charge is -2.02. The molecule has 1 aromatic heterocycles. The van der Waals surface area contributed by atoms with Crippen LogP contribution in [0.25, 0.3) is 0 Å². The van der Waals surface area contributed by atoms with Crippen LogP contribution in [0.1, 0.15) is 21.5 Å². The maximum atomic E-state index is 11.8. The van der Waals surface area contributed by atoms with E-state index in [0.717, 1.165) is 15.6 Å². The number of carbonyl (C=O) groups is 1. The summed E-state index contributed by atoms with van der Waals surface area (Å²) in [6, 6.07) is 7.38. The quantitative estimate of drug-likeness (QED) is 0.681. The Morgan fingerprint density at radius 1 is 1.44 bits per heavy atom. The Hall–Kier alpha value is -1.46. The van der Waals surface area contributed by atoms with Crippen molar-refractivity contribution in [3.05, 3.63) is 56.2 Å². The van der Waals surface area contributed by atoms with Crippen LogP contribution < -0.4 is 5.43 Å². The first-order valence-electron chi connectivity index (χ1n) is 5.28. The highest BCUT2D eigenvalue weighted by Gasteiger charge is 2.05. The zero-order valence-corrected chi connectivity index (χ0v) is 12.1. The number of carbonyl (C=O) groups excluding carboxylic acids is 1. The first-order valence-corrected chi connectivity index (χ1v) is 7.02. The van der Waals surface area contributed by atoms with Gasteiger partial charge < -0.3 is 0 Å². The third-order valence-electron chi connectivity index (χ3n) is 2.36. The number of aryl methyl sites for hydroxylation is 1. The van der Waals surface area contributed by atoms with Crippen molar-refractivity contribution in [2.24, 2.45) is 5.10 Å². The zero-order valence-electron chi connectivity index (χ0n) is 9.68. The van der Waals surface area contributed by atoms with Gasteiger partial charge in [-0.3, -0.25) is 4.79 Å². The molecule has 2 aromatic rings. The van der Waals surface area contributed by atoms with Crippen molar-refractivity contribution >= 4 is 39.4 Å². The highest BCUT2D eigenvalue weighted by Crippen LogP contribution is 2.17. The van der Waals surface area contributed by atoms with E-state index in [1.807, 2.05) is 29.8 Å². The van der Waals surface area contributed by atoms with Gasteiger partial charge in [0.25, 0.3) is 5.91 Å². The molecule has 92 valence electrons. The minimum absolute atomic E-state index is 0.220. The monoisotopic (exact) mass is 322 g/mol. The molecule has 2 rings (SSSR count). The van der Waals surface area contributed by atoms with Gasteiger partial charge in [-0.15, -0.1) is 0 Å². The molecule has 0 saturated heterocycles. The van der Waals surface area contributed by atoms with Crippen LogP contribution in [0.2, 0.25) is 0 Å². The van der Waals surface area contributed by atoms with E-state index in [1.165, 1.54) is 0 Å². The van der Waals surface area contributed by atoms with E-state index >= 15 is 0 Å². The minimum Gasteiger partial charge on any atom is -0.267 e. The molecule has 1 N–H and O–H groups in total. The predicted molar refractivity (Wildman–Crippen MR) is 78.3 cm³/mol. The van der Waals surface area contributed by atoms with Crippen LogP contribution in [-0.4, -0.2) is 12.1 Å². The van der Waals surface area contributed by atoms with Crippen LogP contribution in [0.3, 0.4) is 0 Å². The molecular weight excluding hydrogens is 312 g/mol. The summed E-state index contributed by atoms with van der Waals surface area (Å²) in [6.45, 7) is 1.97. The van der Waals surface area contributed by atoms with Crippen molar-refractivity contribution in [2.75, 3.05) is 0 Å². The SMILES string of the molecule is Cc1ccc(C(=O)NN=Cc2ccsc2)cc1Br. The number of thiophene rings is 1. The van der Waals surface area contributed by atoms with Crippen molar-refractivity contribution in [3.63, 3.8) is 0 Å². The van der Waals surface area contributed by atoms with Gasteiger partial charge in [0.1, 0.15) is 0 Å². The molecule has 1 heterocycles. The van der Waals surface area contributed by atoms with E-state index in [4.69, 9.17) is 0 Å². The topological polar surface area (TPSA) is 41.5 Å². The van der Waals surface area contributed by atoms with E-state index in [9.17, 15) is 4.79 Å². The first-order chi connectivity index (χ1) is 8.66. The molecular formula is C13H11BrN2OS. The minimum atomic E-state index is -0.220. The lowest BCUT2D eigenvalue weighted by atomic mass is 10.1. The smallest absolute Gasteiger partial charge is 0.267 e. The summed E-state index contributed by atoms with van der Waals surface area (Å²) >= 11 is 4.99. The van der Waals surface area contributed by atoms with Crippen LogP contribution in [0, 0.1) is 6.92 Å². The number of amides is 1. The third kappa shape index (κ3) is 3.27. The van der Waals surface area contributed by atoms with Gasteiger partial charge >= 0.3 is 0 Å². The molecule has 0 aliphatic heterocycles. The average molecular weight is 323 g/mol. The molecule has 18 heavy (non-hydrogen) atoms. The van der Waals surface area contributed by atoms with Crippen LogP contribution >= 0.6 is 27.3 Å². The molecule has 5 heteroatoms. The second-order valence-corrected chi connectivity index (χ2v) is 5.35. The number of benzene rings is 1. The normalized spacial score (nSPS) is 10.8. The maximum absolute atomic E-state index is 11.8. The predicted octanol–water partition coefficient (Wildman–Crippen LogP) is 3.58. The van der Waals surface area contributed by atoms with E-state index in [0.29, 0.717) is 5.56 Å². The molecule has 0 saturated carbocycles. The molecule has 1 amide bonds. The van der Waals surface area contributed by atoms with Crippen molar-refractivity contribution < 1.29 is 4.79 Å². The van der Waals surface area contributed by atoms with Gasteiger partial charge in [0.05, 0.1) is 6.21 Å². The molecule has 0 spiro atoms. The molecule has 0 atom stereocenters. The van der Waals surface area contributed by atoms with E-state index in [-0.39, 0.29) is 5.91 Å². The number of hydrogen-bond acceptors (Lipinski definition) is 3. The maximum Gasteiger partial charge on any atom is 0.271 e. The fourth-order valence-electron chi connectivity index (χ4n) is 1.31. The van der Waals surface area contributed by atoms with Gasteiger partial charge in [0, 0.05) is 15.6 Å². The second-order valence-electron chi connectivity index (χ2n) is 3.72. The average Bonchev–Trinajstić information content (AvgIpc) is 2.85.